The minimum atomic E-state index is 0.177. The van der Waals surface area contributed by atoms with Crippen molar-refractivity contribution >= 4 is 33.5 Å². The second-order valence-electron chi connectivity index (χ2n) is 10.4. The Labute approximate surface area is 215 Å². The summed E-state index contributed by atoms with van der Waals surface area (Å²) in [5.41, 5.74) is 6.15. The zero-order valence-corrected chi connectivity index (χ0v) is 21.3. The Morgan fingerprint density at radius 3 is 2.54 bits per heavy atom. The van der Waals surface area contributed by atoms with Crippen molar-refractivity contribution < 1.29 is 4.79 Å². The lowest BCUT2D eigenvalue weighted by atomic mass is 9.90. The molecule has 6 heterocycles. The van der Waals surface area contributed by atoms with Crippen LogP contribution in [0.2, 0.25) is 0 Å². The van der Waals surface area contributed by atoms with Gasteiger partial charge in [0.25, 0.3) is 0 Å². The first kappa shape index (κ1) is 22.0. The van der Waals surface area contributed by atoms with Gasteiger partial charge < -0.3 is 9.80 Å². The van der Waals surface area contributed by atoms with E-state index in [9.17, 15) is 4.79 Å². The molecule has 3 aliphatic heterocycles. The van der Waals surface area contributed by atoms with Crippen LogP contribution in [0.5, 0.6) is 0 Å². The standard InChI is InChI=1S/C29H29N7O/c1-18-6-4-8-24-28(23-7-5-9-26-25(23)17-33(3)31-26)32-36(29(18)24)20-12-13-27(30-14-20)35-16-21-10-11-22(35)15-34(21)19(2)37/h4-9,12-14,17,21-22H,10-11,15-16H2,1-3H3/t21-,22-/m1/s1. The van der Waals surface area contributed by atoms with Crippen molar-refractivity contribution in [1.82, 2.24) is 29.4 Å². The van der Waals surface area contributed by atoms with Crippen LogP contribution in [0.25, 0.3) is 38.8 Å². The normalized spacial score (nSPS) is 19.3. The molecule has 0 saturated carbocycles. The molecule has 37 heavy (non-hydrogen) atoms. The van der Waals surface area contributed by atoms with Crippen LogP contribution < -0.4 is 4.90 Å². The lowest BCUT2D eigenvalue weighted by Gasteiger charge is -2.51. The summed E-state index contributed by atoms with van der Waals surface area (Å²) in [7, 11) is 1.95. The number of hydrogen-bond acceptors (Lipinski definition) is 5. The number of amides is 1. The number of aromatic nitrogens is 5. The second kappa shape index (κ2) is 8.16. The number of fused-ring (bicyclic) bond motifs is 5. The predicted octanol–water partition coefficient (Wildman–Crippen LogP) is 4.48. The molecule has 5 aromatic rings. The van der Waals surface area contributed by atoms with Gasteiger partial charge in [-0.15, -0.1) is 0 Å². The van der Waals surface area contributed by atoms with E-state index in [1.54, 1.807) is 6.92 Å². The predicted molar refractivity (Wildman–Crippen MR) is 145 cm³/mol. The van der Waals surface area contributed by atoms with Crippen molar-refractivity contribution in [3.05, 3.63) is 66.5 Å². The van der Waals surface area contributed by atoms with Gasteiger partial charge >= 0.3 is 0 Å². The largest absolute Gasteiger partial charge is 0.350 e. The van der Waals surface area contributed by atoms with Gasteiger partial charge in [0.1, 0.15) is 11.5 Å². The molecule has 0 N–H and O–H groups in total. The van der Waals surface area contributed by atoms with Crippen molar-refractivity contribution in [2.24, 2.45) is 7.05 Å². The fourth-order valence-electron chi connectivity index (χ4n) is 6.26. The molecule has 8 heteroatoms. The number of anilines is 1. The smallest absolute Gasteiger partial charge is 0.219 e. The van der Waals surface area contributed by atoms with Gasteiger partial charge in [-0.25, -0.2) is 9.67 Å². The number of nitrogens with zero attached hydrogens (tertiary/aromatic N) is 7. The Bertz CT molecular complexity index is 1670. The van der Waals surface area contributed by atoms with E-state index in [-0.39, 0.29) is 11.9 Å². The van der Waals surface area contributed by atoms with Crippen molar-refractivity contribution in [1.29, 1.82) is 0 Å². The van der Waals surface area contributed by atoms with Gasteiger partial charge in [-0.2, -0.15) is 10.2 Å². The average molecular weight is 492 g/mol. The molecule has 2 bridgehead atoms. The van der Waals surface area contributed by atoms with E-state index in [0.717, 1.165) is 76.1 Å². The zero-order chi connectivity index (χ0) is 25.3. The van der Waals surface area contributed by atoms with Gasteiger partial charge in [0.15, 0.2) is 0 Å². The molecular weight excluding hydrogens is 462 g/mol. The van der Waals surface area contributed by atoms with Crippen LogP contribution in [0.1, 0.15) is 25.3 Å². The maximum atomic E-state index is 12.0. The highest BCUT2D eigenvalue weighted by molar-refractivity contribution is 6.03. The first-order valence-electron chi connectivity index (χ1n) is 12.9. The summed E-state index contributed by atoms with van der Waals surface area (Å²) in [4.78, 5) is 21.3. The number of rotatable bonds is 3. The van der Waals surface area contributed by atoms with Gasteiger partial charge in [0.05, 0.1) is 22.9 Å². The minimum Gasteiger partial charge on any atom is -0.350 e. The summed E-state index contributed by atoms with van der Waals surface area (Å²) in [6, 6.07) is 17.4. The highest BCUT2D eigenvalue weighted by atomic mass is 16.2. The monoisotopic (exact) mass is 491 g/mol. The summed E-state index contributed by atoms with van der Waals surface area (Å²) in [5.74, 6) is 1.14. The maximum Gasteiger partial charge on any atom is 0.219 e. The Morgan fingerprint density at radius 1 is 0.946 bits per heavy atom. The molecule has 8 nitrogen and oxygen atoms in total. The van der Waals surface area contributed by atoms with Crippen LogP contribution in [0.3, 0.4) is 0 Å². The molecule has 8 rings (SSSR count). The Morgan fingerprint density at radius 2 is 1.78 bits per heavy atom. The van der Waals surface area contributed by atoms with Crippen molar-refractivity contribution in [3.8, 4) is 16.9 Å². The van der Waals surface area contributed by atoms with Gasteiger partial charge in [0, 0.05) is 61.7 Å². The van der Waals surface area contributed by atoms with E-state index in [2.05, 4.69) is 59.5 Å². The highest BCUT2D eigenvalue weighted by Gasteiger charge is 2.40. The first-order chi connectivity index (χ1) is 18.0. The van der Waals surface area contributed by atoms with E-state index in [1.807, 2.05) is 39.6 Å². The molecule has 2 atom stereocenters. The van der Waals surface area contributed by atoms with E-state index in [0.29, 0.717) is 6.04 Å². The number of piperidine rings is 2. The topological polar surface area (TPSA) is 72.1 Å². The minimum absolute atomic E-state index is 0.177. The van der Waals surface area contributed by atoms with E-state index >= 15 is 0 Å². The quantitative estimate of drug-likeness (QED) is 0.372. The number of pyridine rings is 1. The summed E-state index contributed by atoms with van der Waals surface area (Å²) in [5, 5.41) is 11.9. The molecule has 3 saturated heterocycles. The Hall–Kier alpha value is -4.20. The maximum absolute atomic E-state index is 12.0. The summed E-state index contributed by atoms with van der Waals surface area (Å²) >= 11 is 0. The fraction of sp³-hybridized carbons (Fsp3) is 0.310. The number of hydrogen-bond donors (Lipinski definition) is 0. The molecule has 1 amide bonds. The Balaban J connectivity index is 1.29. The second-order valence-corrected chi connectivity index (χ2v) is 10.4. The molecule has 3 aromatic heterocycles. The van der Waals surface area contributed by atoms with Gasteiger partial charge in [-0.3, -0.25) is 9.48 Å². The lowest BCUT2D eigenvalue weighted by Crippen LogP contribution is -2.64. The van der Waals surface area contributed by atoms with Crippen molar-refractivity contribution in [3.63, 3.8) is 0 Å². The summed E-state index contributed by atoms with van der Waals surface area (Å²) < 4.78 is 3.87. The van der Waals surface area contributed by atoms with Crippen LogP contribution in [0.4, 0.5) is 5.82 Å². The van der Waals surface area contributed by atoms with E-state index in [4.69, 9.17) is 10.1 Å². The molecule has 0 radical (unpaired) electrons. The molecule has 0 aliphatic carbocycles. The van der Waals surface area contributed by atoms with Gasteiger partial charge in [-0.05, 0) is 43.5 Å². The van der Waals surface area contributed by atoms with Crippen molar-refractivity contribution in [2.45, 2.75) is 38.8 Å². The number of piperazine rings is 1. The van der Waals surface area contributed by atoms with Gasteiger partial charge in [0.2, 0.25) is 5.91 Å². The third kappa shape index (κ3) is 3.43. The SMILES string of the molecule is CC(=O)N1C[C@H]2CC[C@@H]1CN2c1ccc(-n2nc(-c3cccc4nn(C)cc34)c3cccc(C)c32)cn1. The molecule has 0 spiro atoms. The van der Waals surface area contributed by atoms with Crippen LogP contribution in [-0.4, -0.2) is 60.5 Å². The first-order valence-corrected chi connectivity index (χ1v) is 12.9. The number of para-hydroxylation sites is 1. The lowest BCUT2D eigenvalue weighted by molar-refractivity contribution is -0.133. The number of aryl methyl sites for hydroxylation is 2. The van der Waals surface area contributed by atoms with Crippen LogP contribution in [0, 0.1) is 6.92 Å². The molecule has 186 valence electrons. The van der Waals surface area contributed by atoms with E-state index < -0.39 is 0 Å². The third-order valence-electron chi connectivity index (χ3n) is 8.03. The van der Waals surface area contributed by atoms with Crippen LogP contribution in [0.15, 0.2) is 60.9 Å². The van der Waals surface area contributed by atoms with Gasteiger partial charge in [-0.1, -0.05) is 30.3 Å². The van der Waals surface area contributed by atoms with E-state index in [1.165, 1.54) is 0 Å². The highest BCUT2D eigenvalue weighted by Crippen LogP contribution is 2.36. The molecule has 0 unspecified atom stereocenters. The summed E-state index contributed by atoms with van der Waals surface area (Å²) in [6.45, 7) is 5.44. The van der Waals surface area contributed by atoms with Crippen molar-refractivity contribution in [2.75, 3.05) is 18.0 Å². The number of benzene rings is 2. The number of carbonyl (C=O) groups is 1. The Kier molecular flexibility index (Phi) is 4.86. The molecular formula is C29H29N7O. The summed E-state index contributed by atoms with van der Waals surface area (Å²) in [6.07, 6.45) is 6.16. The zero-order valence-electron chi connectivity index (χ0n) is 21.3. The molecule has 3 aliphatic rings. The van der Waals surface area contributed by atoms with Crippen LogP contribution in [-0.2, 0) is 11.8 Å². The van der Waals surface area contributed by atoms with Crippen LogP contribution >= 0.6 is 0 Å². The number of carbonyl (C=O) groups excluding carboxylic acids is 1. The third-order valence-corrected chi connectivity index (χ3v) is 8.03. The average Bonchev–Trinajstić information content (AvgIpc) is 3.50. The fourth-order valence-corrected chi connectivity index (χ4v) is 6.26. The molecule has 3 fully saturated rings. The molecule has 2 aromatic carbocycles.